The molecule has 15 heavy (non-hydrogen) atoms. The second-order valence-electron chi connectivity index (χ2n) is 3.65. The first-order chi connectivity index (χ1) is 7.11. The van der Waals surface area contributed by atoms with Crippen LogP contribution in [0.25, 0.3) is 0 Å². The molecule has 1 amide bonds. The Morgan fingerprint density at radius 3 is 2.73 bits per heavy atom. The SMILES string of the molecule is CCC(CN)C(=O)N(C)c1sccc1C. The summed E-state index contributed by atoms with van der Waals surface area (Å²) in [6.45, 7) is 4.42. The molecule has 2 N–H and O–H groups in total. The molecule has 0 radical (unpaired) electrons. The molecule has 0 aliphatic heterocycles. The quantitative estimate of drug-likeness (QED) is 0.853. The molecule has 1 atom stereocenters. The summed E-state index contributed by atoms with van der Waals surface area (Å²) in [6.07, 6.45) is 0.796. The van der Waals surface area contributed by atoms with Crippen LogP contribution in [0.5, 0.6) is 0 Å². The number of hydrogen-bond donors (Lipinski definition) is 1. The van der Waals surface area contributed by atoms with Gasteiger partial charge >= 0.3 is 0 Å². The van der Waals surface area contributed by atoms with Gasteiger partial charge in [0.1, 0.15) is 5.00 Å². The smallest absolute Gasteiger partial charge is 0.231 e. The second kappa shape index (κ2) is 5.28. The third-order valence-electron chi connectivity index (χ3n) is 2.60. The Kier molecular flexibility index (Phi) is 4.29. The highest BCUT2D eigenvalue weighted by molar-refractivity contribution is 7.14. The van der Waals surface area contributed by atoms with E-state index in [4.69, 9.17) is 5.73 Å². The highest BCUT2D eigenvalue weighted by Crippen LogP contribution is 2.27. The zero-order valence-corrected chi connectivity index (χ0v) is 10.3. The summed E-state index contributed by atoms with van der Waals surface area (Å²) in [5.41, 5.74) is 6.71. The van der Waals surface area contributed by atoms with E-state index in [9.17, 15) is 4.79 Å². The average molecular weight is 226 g/mol. The van der Waals surface area contributed by atoms with Crippen LogP contribution < -0.4 is 10.6 Å². The molecule has 0 fully saturated rings. The molecule has 0 aromatic carbocycles. The molecule has 3 nitrogen and oxygen atoms in total. The number of anilines is 1. The Balaban J connectivity index is 2.81. The van der Waals surface area contributed by atoms with E-state index in [-0.39, 0.29) is 11.8 Å². The van der Waals surface area contributed by atoms with Gasteiger partial charge in [0.05, 0.1) is 5.92 Å². The van der Waals surface area contributed by atoms with Gasteiger partial charge in [0.25, 0.3) is 0 Å². The first kappa shape index (κ1) is 12.2. The fraction of sp³-hybridized carbons (Fsp3) is 0.545. The van der Waals surface area contributed by atoms with Crippen molar-refractivity contribution < 1.29 is 4.79 Å². The fourth-order valence-corrected chi connectivity index (χ4v) is 2.43. The average Bonchev–Trinajstić information content (AvgIpc) is 2.65. The molecule has 0 saturated carbocycles. The standard InChI is InChI=1S/C11H18N2OS/c1-4-9(7-12)10(14)13(3)11-8(2)5-6-15-11/h5-6,9H,4,7,12H2,1-3H3. The van der Waals surface area contributed by atoms with Crippen LogP contribution in [0.4, 0.5) is 5.00 Å². The molecule has 0 aliphatic carbocycles. The van der Waals surface area contributed by atoms with Crippen molar-refractivity contribution in [3.63, 3.8) is 0 Å². The normalized spacial score (nSPS) is 12.5. The van der Waals surface area contributed by atoms with Crippen molar-refractivity contribution in [2.45, 2.75) is 20.3 Å². The van der Waals surface area contributed by atoms with Gasteiger partial charge in [0, 0.05) is 13.6 Å². The molecule has 1 aromatic rings. The maximum atomic E-state index is 12.0. The summed E-state index contributed by atoms with van der Waals surface area (Å²) in [5.74, 6) is 0.0575. The van der Waals surface area contributed by atoms with Crippen LogP contribution in [-0.2, 0) is 4.79 Å². The van der Waals surface area contributed by atoms with Crippen molar-refractivity contribution in [3.8, 4) is 0 Å². The minimum atomic E-state index is -0.0588. The van der Waals surface area contributed by atoms with E-state index < -0.39 is 0 Å². The first-order valence-corrected chi connectivity index (χ1v) is 6.01. The number of amides is 1. The van der Waals surface area contributed by atoms with Crippen LogP contribution in [0.15, 0.2) is 11.4 Å². The minimum absolute atomic E-state index is 0.0588. The number of thiophene rings is 1. The lowest BCUT2D eigenvalue weighted by atomic mass is 10.1. The van der Waals surface area contributed by atoms with E-state index in [1.165, 1.54) is 0 Å². The molecule has 0 saturated heterocycles. The highest BCUT2D eigenvalue weighted by Gasteiger charge is 2.21. The van der Waals surface area contributed by atoms with Gasteiger partial charge in [-0.05, 0) is 30.4 Å². The Bertz CT molecular complexity index is 331. The van der Waals surface area contributed by atoms with E-state index in [2.05, 4.69) is 0 Å². The van der Waals surface area contributed by atoms with E-state index in [0.717, 1.165) is 17.0 Å². The molecule has 1 unspecified atom stereocenters. The summed E-state index contributed by atoms with van der Waals surface area (Å²) < 4.78 is 0. The van der Waals surface area contributed by atoms with E-state index in [1.807, 2.05) is 32.3 Å². The zero-order chi connectivity index (χ0) is 11.4. The van der Waals surface area contributed by atoms with Gasteiger partial charge in [0.2, 0.25) is 5.91 Å². The molecular weight excluding hydrogens is 208 g/mol. The summed E-state index contributed by atoms with van der Waals surface area (Å²) in [5, 5.41) is 3.02. The molecule has 84 valence electrons. The monoisotopic (exact) mass is 226 g/mol. The molecule has 0 bridgehead atoms. The fourth-order valence-electron chi connectivity index (χ4n) is 1.52. The number of rotatable bonds is 4. The lowest BCUT2D eigenvalue weighted by molar-refractivity contribution is -0.121. The van der Waals surface area contributed by atoms with Crippen molar-refractivity contribution in [1.29, 1.82) is 0 Å². The van der Waals surface area contributed by atoms with Gasteiger partial charge in [-0.2, -0.15) is 0 Å². The number of aryl methyl sites for hydroxylation is 1. The van der Waals surface area contributed by atoms with E-state index in [0.29, 0.717) is 6.54 Å². The summed E-state index contributed by atoms with van der Waals surface area (Å²) in [6, 6.07) is 2.02. The van der Waals surface area contributed by atoms with Gasteiger partial charge in [-0.15, -0.1) is 11.3 Å². The molecule has 0 aliphatic rings. The third kappa shape index (κ3) is 2.58. The van der Waals surface area contributed by atoms with Crippen molar-refractivity contribution in [2.75, 3.05) is 18.5 Å². The maximum absolute atomic E-state index is 12.0. The van der Waals surface area contributed by atoms with Gasteiger partial charge in [-0.25, -0.2) is 0 Å². The largest absolute Gasteiger partial charge is 0.330 e. The van der Waals surface area contributed by atoms with Crippen LogP contribution in [0, 0.1) is 12.8 Å². The Morgan fingerprint density at radius 1 is 1.67 bits per heavy atom. The summed E-state index contributed by atoms with van der Waals surface area (Å²) in [4.78, 5) is 13.7. The van der Waals surface area contributed by atoms with Gasteiger partial charge in [-0.1, -0.05) is 6.92 Å². The minimum Gasteiger partial charge on any atom is -0.330 e. The third-order valence-corrected chi connectivity index (χ3v) is 3.69. The molecule has 4 heteroatoms. The Labute approximate surface area is 94.9 Å². The molecule has 1 heterocycles. The number of nitrogens with two attached hydrogens (primary N) is 1. The Morgan fingerprint density at radius 2 is 2.33 bits per heavy atom. The van der Waals surface area contributed by atoms with Crippen molar-refractivity contribution >= 4 is 22.2 Å². The number of carbonyl (C=O) groups is 1. The maximum Gasteiger partial charge on any atom is 0.231 e. The molecular formula is C11H18N2OS. The van der Waals surface area contributed by atoms with E-state index in [1.54, 1.807) is 16.2 Å². The van der Waals surface area contributed by atoms with Crippen LogP contribution in [0.2, 0.25) is 0 Å². The predicted molar refractivity (Wildman–Crippen MR) is 65.3 cm³/mol. The zero-order valence-electron chi connectivity index (χ0n) is 9.49. The Hall–Kier alpha value is -0.870. The van der Waals surface area contributed by atoms with Gasteiger partial charge in [0.15, 0.2) is 0 Å². The number of carbonyl (C=O) groups excluding carboxylic acids is 1. The van der Waals surface area contributed by atoms with Crippen molar-refractivity contribution in [2.24, 2.45) is 11.7 Å². The van der Waals surface area contributed by atoms with E-state index >= 15 is 0 Å². The summed E-state index contributed by atoms with van der Waals surface area (Å²) in [7, 11) is 1.82. The van der Waals surface area contributed by atoms with Crippen molar-refractivity contribution in [1.82, 2.24) is 0 Å². The molecule has 0 spiro atoms. The topological polar surface area (TPSA) is 46.3 Å². The highest BCUT2D eigenvalue weighted by atomic mass is 32.1. The number of hydrogen-bond acceptors (Lipinski definition) is 3. The second-order valence-corrected chi connectivity index (χ2v) is 4.54. The number of nitrogens with zero attached hydrogens (tertiary/aromatic N) is 1. The summed E-state index contributed by atoms with van der Waals surface area (Å²) >= 11 is 1.59. The van der Waals surface area contributed by atoms with Crippen LogP contribution in [-0.4, -0.2) is 19.5 Å². The van der Waals surface area contributed by atoms with Crippen LogP contribution >= 0.6 is 11.3 Å². The molecule has 1 aromatic heterocycles. The van der Waals surface area contributed by atoms with Gasteiger partial charge in [-0.3, -0.25) is 4.79 Å². The lowest BCUT2D eigenvalue weighted by Gasteiger charge is -2.21. The first-order valence-electron chi connectivity index (χ1n) is 5.13. The lowest BCUT2D eigenvalue weighted by Crippen LogP contribution is -2.36. The van der Waals surface area contributed by atoms with Crippen molar-refractivity contribution in [3.05, 3.63) is 17.0 Å². The van der Waals surface area contributed by atoms with Crippen LogP contribution in [0.1, 0.15) is 18.9 Å². The predicted octanol–water partition coefficient (Wildman–Crippen LogP) is 2.00. The van der Waals surface area contributed by atoms with Gasteiger partial charge < -0.3 is 10.6 Å². The molecule has 1 rings (SSSR count). The van der Waals surface area contributed by atoms with Crippen LogP contribution in [0.3, 0.4) is 0 Å².